The van der Waals surface area contributed by atoms with Crippen LogP contribution < -0.4 is 5.32 Å². The summed E-state index contributed by atoms with van der Waals surface area (Å²) >= 11 is 0. The van der Waals surface area contributed by atoms with Gasteiger partial charge in [-0.1, -0.05) is 18.6 Å². The van der Waals surface area contributed by atoms with E-state index in [-0.39, 0.29) is 17.3 Å². The summed E-state index contributed by atoms with van der Waals surface area (Å²) in [6.07, 6.45) is 5.13. The number of carbonyl (C=O) groups is 2. The Hall–Kier alpha value is -2.44. The van der Waals surface area contributed by atoms with Gasteiger partial charge in [-0.05, 0) is 49.5 Å². The van der Waals surface area contributed by atoms with Crippen molar-refractivity contribution in [2.75, 3.05) is 11.9 Å². The van der Waals surface area contributed by atoms with E-state index in [1.54, 1.807) is 19.1 Å². The number of carbonyl (C=O) groups excluding carboxylic acids is 2. The minimum absolute atomic E-state index is 0.140. The van der Waals surface area contributed by atoms with E-state index < -0.39 is 17.4 Å². The summed E-state index contributed by atoms with van der Waals surface area (Å²) in [5.41, 5.74) is 0.541. The van der Waals surface area contributed by atoms with Crippen LogP contribution in [-0.2, 0) is 14.3 Å². The summed E-state index contributed by atoms with van der Waals surface area (Å²) in [5, 5.41) is 13.5. The van der Waals surface area contributed by atoms with E-state index in [1.165, 1.54) is 25.3 Å². The lowest BCUT2D eigenvalue weighted by atomic mass is 9.86. The van der Waals surface area contributed by atoms with Gasteiger partial charge >= 0.3 is 5.97 Å². The van der Waals surface area contributed by atoms with Crippen LogP contribution in [0.4, 0.5) is 11.4 Å². The molecule has 2 saturated carbocycles. The van der Waals surface area contributed by atoms with Gasteiger partial charge < -0.3 is 10.1 Å². The van der Waals surface area contributed by atoms with Crippen molar-refractivity contribution in [1.82, 2.24) is 0 Å². The van der Waals surface area contributed by atoms with Crippen LogP contribution in [0.1, 0.15) is 37.7 Å². The number of esters is 1. The summed E-state index contributed by atoms with van der Waals surface area (Å²) in [6.45, 7) is 1.24. The lowest BCUT2D eigenvalue weighted by Crippen LogP contribution is -2.23. The second kappa shape index (κ2) is 7.21. The summed E-state index contributed by atoms with van der Waals surface area (Å²) in [4.78, 5) is 34.5. The minimum atomic E-state index is -0.571. The number of fused-ring (bicyclic) bond motifs is 2. The number of nitro groups is 1. The van der Waals surface area contributed by atoms with E-state index in [1.807, 2.05) is 0 Å². The molecule has 0 heterocycles. The van der Waals surface area contributed by atoms with E-state index in [4.69, 9.17) is 4.74 Å². The van der Waals surface area contributed by atoms with Crippen molar-refractivity contribution in [2.24, 2.45) is 17.8 Å². The molecular weight excluding hydrogens is 324 g/mol. The standard InChI is InChI=1S/C18H22N2O5/c1-11-3-2-4-15(20(23)24)18(11)19-16(21)10-25-17(22)9-14-8-12-5-6-13(14)7-12/h2-4,12-14H,5-10H2,1H3,(H,19,21)/t12-,13+,14+/m0/s1. The molecule has 0 radical (unpaired) electrons. The first-order valence-electron chi connectivity index (χ1n) is 8.63. The zero-order chi connectivity index (χ0) is 18.0. The van der Waals surface area contributed by atoms with E-state index in [0.29, 0.717) is 23.8 Å². The minimum Gasteiger partial charge on any atom is -0.456 e. The summed E-state index contributed by atoms with van der Waals surface area (Å²) in [7, 11) is 0. The lowest BCUT2D eigenvalue weighted by Gasteiger charge is -2.20. The molecule has 7 heteroatoms. The van der Waals surface area contributed by atoms with Crippen molar-refractivity contribution in [1.29, 1.82) is 0 Å². The molecule has 2 aliphatic rings. The molecule has 25 heavy (non-hydrogen) atoms. The van der Waals surface area contributed by atoms with Gasteiger partial charge in [-0.2, -0.15) is 0 Å². The average molecular weight is 346 g/mol. The van der Waals surface area contributed by atoms with Gasteiger partial charge in [0, 0.05) is 12.5 Å². The van der Waals surface area contributed by atoms with Crippen LogP contribution >= 0.6 is 0 Å². The topological polar surface area (TPSA) is 98.5 Å². The Morgan fingerprint density at radius 2 is 2.12 bits per heavy atom. The fourth-order valence-corrected chi connectivity index (χ4v) is 4.19. The zero-order valence-corrected chi connectivity index (χ0v) is 14.2. The Morgan fingerprint density at radius 3 is 2.76 bits per heavy atom. The number of amides is 1. The van der Waals surface area contributed by atoms with E-state index in [9.17, 15) is 19.7 Å². The molecule has 7 nitrogen and oxygen atoms in total. The van der Waals surface area contributed by atoms with Crippen molar-refractivity contribution >= 4 is 23.3 Å². The van der Waals surface area contributed by atoms with Gasteiger partial charge in [-0.25, -0.2) is 0 Å². The molecule has 1 amide bonds. The number of aryl methyl sites for hydroxylation is 1. The molecule has 1 aromatic carbocycles. The van der Waals surface area contributed by atoms with Gasteiger partial charge in [0.25, 0.3) is 11.6 Å². The number of nitro benzene ring substituents is 1. The van der Waals surface area contributed by atoms with Gasteiger partial charge in [-0.15, -0.1) is 0 Å². The van der Waals surface area contributed by atoms with Crippen LogP contribution in [-0.4, -0.2) is 23.4 Å². The average Bonchev–Trinajstić information content (AvgIpc) is 3.17. The largest absolute Gasteiger partial charge is 0.456 e. The summed E-state index contributed by atoms with van der Waals surface area (Å²) < 4.78 is 5.07. The highest BCUT2D eigenvalue weighted by Crippen LogP contribution is 2.49. The van der Waals surface area contributed by atoms with Crippen molar-refractivity contribution in [3.8, 4) is 0 Å². The second-order valence-electron chi connectivity index (χ2n) is 7.07. The first kappa shape index (κ1) is 17.4. The van der Waals surface area contributed by atoms with Crippen LogP contribution in [0.3, 0.4) is 0 Å². The third-order valence-corrected chi connectivity index (χ3v) is 5.39. The van der Waals surface area contributed by atoms with Crippen molar-refractivity contribution in [3.05, 3.63) is 33.9 Å². The predicted octanol–water partition coefficient (Wildman–Crippen LogP) is 3.21. The first-order chi connectivity index (χ1) is 11.9. The van der Waals surface area contributed by atoms with Gasteiger partial charge in [0.15, 0.2) is 6.61 Å². The number of hydrogen-bond acceptors (Lipinski definition) is 5. The highest BCUT2D eigenvalue weighted by atomic mass is 16.6. The Morgan fingerprint density at radius 1 is 1.32 bits per heavy atom. The second-order valence-corrected chi connectivity index (χ2v) is 7.07. The SMILES string of the molecule is Cc1cccc([N+](=O)[O-])c1NC(=O)COC(=O)C[C@H]1C[C@H]2CC[C@@H]1C2. The third-order valence-electron chi connectivity index (χ3n) is 5.39. The molecule has 0 aliphatic heterocycles. The highest BCUT2D eigenvalue weighted by Gasteiger charge is 2.40. The number of benzene rings is 1. The molecule has 0 spiro atoms. The van der Waals surface area contributed by atoms with E-state index in [0.717, 1.165) is 12.3 Å². The predicted molar refractivity (Wildman–Crippen MR) is 91.0 cm³/mol. The number of ether oxygens (including phenoxy) is 1. The molecule has 0 saturated heterocycles. The Balaban J connectivity index is 1.50. The van der Waals surface area contributed by atoms with Crippen molar-refractivity contribution in [2.45, 2.75) is 39.0 Å². The molecular formula is C18H22N2O5. The maximum absolute atomic E-state index is 12.0. The van der Waals surface area contributed by atoms with Crippen molar-refractivity contribution in [3.63, 3.8) is 0 Å². The molecule has 2 aliphatic carbocycles. The summed E-state index contributed by atoms with van der Waals surface area (Å²) in [5.74, 6) is 0.825. The number of para-hydroxylation sites is 1. The molecule has 3 rings (SSSR count). The smallest absolute Gasteiger partial charge is 0.306 e. The third kappa shape index (κ3) is 3.97. The highest BCUT2D eigenvalue weighted by molar-refractivity contribution is 5.95. The monoisotopic (exact) mass is 346 g/mol. The normalized spacial score (nSPS) is 24.1. The fourth-order valence-electron chi connectivity index (χ4n) is 4.19. The molecule has 1 aromatic rings. The van der Waals surface area contributed by atoms with Gasteiger partial charge in [0.05, 0.1) is 4.92 Å². The maximum Gasteiger partial charge on any atom is 0.306 e. The van der Waals surface area contributed by atoms with Crippen LogP contribution in [0.5, 0.6) is 0 Å². The molecule has 2 bridgehead atoms. The van der Waals surface area contributed by atoms with Crippen LogP contribution in [0, 0.1) is 34.8 Å². The number of nitrogens with one attached hydrogen (secondary N) is 1. The van der Waals surface area contributed by atoms with Crippen molar-refractivity contribution < 1.29 is 19.2 Å². The molecule has 0 aromatic heterocycles. The number of rotatable bonds is 6. The Labute approximate surface area is 145 Å². The van der Waals surface area contributed by atoms with Crippen LogP contribution in [0.2, 0.25) is 0 Å². The van der Waals surface area contributed by atoms with E-state index >= 15 is 0 Å². The van der Waals surface area contributed by atoms with Gasteiger partial charge in [0.1, 0.15) is 5.69 Å². The van der Waals surface area contributed by atoms with Gasteiger partial charge in [-0.3, -0.25) is 19.7 Å². The number of hydrogen-bond donors (Lipinski definition) is 1. The number of anilines is 1. The Kier molecular flexibility index (Phi) is 5.01. The van der Waals surface area contributed by atoms with Gasteiger partial charge in [0.2, 0.25) is 0 Å². The van der Waals surface area contributed by atoms with Crippen LogP contribution in [0.15, 0.2) is 18.2 Å². The lowest BCUT2D eigenvalue weighted by molar-refractivity contribution is -0.384. The zero-order valence-electron chi connectivity index (χ0n) is 14.2. The van der Waals surface area contributed by atoms with E-state index in [2.05, 4.69) is 5.32 Å². The molecule has 0 unspecified atom stereocenters. The summed E-state index contributed by atoms with van der Waals surface area (Å²) in [6, 6.07) is 4.55. The molecule has 3 atom stereocenters. The maximum atomic E-state index is 12.0. The fraction of sp³-hybridized carbons (Fsp3) is 0.556. The van der Waals surface area contributed by atoms with Crippen LogP contribution in [0.25, 0.3) is 0 Å². The quantitative estimate of drug-likeness (QED) is 0.484. The number of nitrogens with zero attached hydrogens (tertiary/aromatic N) is 1. The molecule has 1 N–H and O–H groups in total. The molecule has 2 fully saturated rings. The Bertz CT molecular complexity index is 703. The molecule has 134 valence electrons. The first-order valence-corrected chi connectivity index (χ1v) is 8.63.